The van der Waals surface area contributed by atoms with Gasteiger partial charge in [-0.2, -0.15) is 13.2 Å². The molecule has 0 bridgehead atoms. The van der Waals surface area contributed by atoms with Gasteiger partial charge in [0.2, 0.25) is 5.91 Å². The van der Waals surface area contributed by atoms with E-state index in [0.717, 1.165) is 6.07 Å². The van der Waals surface area contributed by atoms with E-state index in [9.17, 15) is 18.0 Å². The average Bonchev–Trinajstić information content (AvgIpc) is 2.86. The third-order valence-corrected chi connectivity index (χ3v) is 3.30. The number of pyridine rings is 1. The number of aromatic nitrogens is 1. The van der Waals surface area contributed by atoms with Crippen molar-refractivity contribution in [2.45, 2.75) is 32.0 Å². The molecule has 1 aromatic rings. The summed E-state index contributed by atoms with van der Waals surface area (Å²) in [4.78, 5) is 17.0. The highest BCUT2D eigenvalue weighted by molar-refractivity contribution is 5.76. The Morgan fingerprint density at radius 2 is 2.30 bits per heavy atom. The van der Waals surface area contributed by atoms with Gasteiger partial charge >= 0.3 is 6.18 Å². The lowest BCUT2D eigenvalue weighted by Crippen LogP contribution is -2.31. The maximum atomic E-state index is 12.8. The zero-order valence-electron chi connectivity index (χ0n) is 11.1. The fourth-order valence-electron chi connectivity index (χ4n) is 2.27. The monoisotopic (exact) mass is 287 g/mol. The van der Waals surface area contributed by atoms with E-state index in [1.165, 1.54) is 12.3 Å². The maximum absolute atomic E-state index is 12.8. The lowest BCUT2D eigenvalue weighted by molar-refractivity contribution is -0.137. The molecule has 7 heteroatoms. The first kappa shape index (κ1) is 14.6. The molecule has 1 saturated heterocycles. The van der Waals surface area contributed by atoms with Crippen molar-refractivity contribution < 1.29 is 18.0 Å². The van der Waals surface area contributed by atoms with E-state index in [4.69, 9.17) is 0 Å². The van der Waals surface area contributed by atoms with E-state index in [1.54, 1.807) is 11.8 Å². The Morgan fingerprint density at radius 3 is 2.95 bits per heavy atom. The molecule has 0 spiro atoms. The molecule has 4 nitrogen and oxygen atoms in total. The van der Waals surface area contributed by atoms with E-state index in [2.05, 4.69) is 10.3 Å². The highest BCUT2D eigenvalue weighted by Gasteiger charge is 2.35. The van der Waals surface area contributed by atoms with Crippen LogP contribution in [0.5, 0.6) is 0 Å². The molecule has 1 amide bonds. The summed E-state index contributed by atoms with van der Waals surface area (Å²) in [6.45, 7) is 2.75. The second kappa shape index (κ2) is 5.68. The predicted molar refractivity (Wildman–Crippen MR) is 68.1 cm³/mol. The molecule has 0 saturated carbocycles. The molecule has 2 heterocycles. The number of rotatable bonds is 3. The molecule has 0 radical (unpaired) electrons. The number of nitrogens with one attached hydrogen (secondary N) is 1. The maximum Gasteiger partial charge on any atom is 0.419 e. The van der Waals surface area contributed by atoms with Crippen LogP contribution in [-0.4, -0.2) is 34.9 Å². The van der Waals surface area contributed by atoms with Gasteiger partial charge in [-0.15, -0.1) is 0 Å². The van der Waals surface area contributed by atoms with Crippen LogP contribution in [0.1, 0.15) is 25.3 Å². The third kappa shape index (κ3) is 3.20. The van der Waals surface area contributed by atoms with Gasteiger partial charge in [0.15, 0.2) is 0 Å². The topological polar surface area (TPSA) is 45.2 Å². The Labute approximate surface area is 115 Å². The molecule has 1 atom stereocenters. The second-order valence-electron chi connectivity index (χ2n) is 4.72. The molecule has 20 heavy (non-hydrogen) atoms. The molecule has 110 valence electrons. The first-order valence-corrected chi connectivity index (χ1v) is 6.48. The summed E-state index contributed by atoms with van der Waals surface area (Å²) < 4.78 is 38.5. The van der Waals surface area contributed by atoms with Gasteiger partial charge in [-0.25, -0.2) is 4.98 Å². The van der Waals surface area contributed by atoms with Crippen molar-refractivity contribution in [1.29, 1.82) is 0 Å². The van der Waals surface area contributed by atoms with Crippen LogP contribution in [-0.2, 0) is 11.0 Å². The van der Waals surface area contributed by atoms with E-state index < -0.39 is 11.7 Å². The van der Waals surface area contributed by atoms with Crippen molar-refractivity contribution in [3.63, 3.8) is 0 Å². The molecule has 1 N–H and O–H groups in total. The molecular weight excluding hydrogens is 271 g/mol. The predicted octanol–water partition coefficient (Wildman–Crippen LogP) is 2.52. The minimum Gasteiger partial charge on any atom is -0.365 e. The van der Waals surface area contributed by atoms with Gasteiger partial charge in [-0.05, 0) is 18.6 Å². The number of alkyl halides is 3. The minimum absolute atomic E-state index is 0.0198. The standard InChI is InChI=1S/C13H16F3N3O/c1-2-11(20)19-7-5-9(8-19)18-12-10(13(14,15)16)4-3-6-17-12/h3-4,6,9H,2,5,7-8H2,1H3,(H,17,18). The second-order valence-corrected chi connectivity index (χ2v) is 4.72. The molecule has 0 aromatic carbocycles. The van der Waals surface area contributed by atoms with Gasteiger partial charge in [-0.1, -0.05) is 6.92 Å². The Hall–Kier alpha value is -1.79. The van der Waals surface area contributed by atoms with Crippen LogP contribution in [0.25, 0.3) is 0 Å². The summed E-state index contributed by atoms with van der Waals surface area (Å²) in [6.07, 6.45) is -2.08. The summed E-state index contributed by atoms with van der Waals surface area (Å²) in [6, 6.07) is 2.07. The number of amides is 1. The fourth-order valence-corrected chi connectivity index (χ4v) is 2.27. The first-order valence-electron chi connectivity index (χ1n) is 6.48. The summed E-state index contributed by atoms with van der Waals surface area (Å²) in [5.74, 6) is -0.151. The Balaban J connectivity index is 2.07. The van der Waals surface area contributed by atoms with E-state index in [1.807, 2.05) is 0 Å². The van der Waals surface area contributed by atoms with Crippen LogP contribution in [0.2, 0.25) is 0 Å². The SMILES string of the molecule is CCC(=O)N1CCC(Nc2ncccc2C(F)(F)F)C1. The number of nitrogens with zero attached hydrogens (tertiary/aromatic N) is 2. The number of carbonyl (C=O) groups excluding carboxylic acids is 1. The summed E-state index contributed by atoms with van der Waals surface area (Å²) in [5.41, 5.74) is -0.778. The summed E-state index contributed by atoms with van der Waals surface area (Å²) >= 11 is 0. The van der Waals surface area contributed by atoms with Crippen LogP contribution >= 0.6 is 0 Å². The van der Waals surface area contributed by atoms with Crippen LogP contribution in [0, 0.1) is 0 Å². The van der Waals surface area contributed by atoms with Crippen molar-refractivity contribution in [3.8, 4) is 0 Å². The van der Waals surface area contributed by atoms with Gasteiger partial charge in [0, 0.05) is 31.7 Å². The third-order valence-electron chi connectivity index (χ3n) is 3.30. The zero-order valence-corrected chi connectivity index (χ0v) is 11.1. The summed E-state index contributed by atoms with van der Waals surface area (Å²) in [5, 5.41) is 2.80. The number of halogens is 3. The van der Waals surface area contributed by atoms with Gasteiger partial charge < -0.3 is 10.2 Å². The van der Waals surface area contributed by atoms with Crippen molar-refractivity contribution in [1.82, 2.24) is 9.88 Å². The smallest absolute Gasteiger partial charge is 0.365 e. The van der Waals surface area contributed by atoms with E-state index in [0.29, 0.717) is 25.9 Å². The van der Waals surface area contributed by atoms with Crippen molar-refractivity contribution in [3.05, 3.63) is 23.9 Å². The van der Waals surface area contributed by atoms with E-state index >= 15 is 0 Å². The Bertz CT molecular complexity index is 490. The average molecular weight is 287 g/mol. The van der Waals surface area contributed by atoms with Gasteiger partial charge in [0.25, 0.3) is 0 Å². The van der Waals surface area contributed by atoms with Crippen LogP contribution in [0.4, 0.5) is 19.0 Å². The number of hydrogen-bond acceptors (Lipinski definition) is 3. The largest absolute Gasteiger partial charge is 0.419 e. The van der Waals surface area contributed by atoms with Crippen LogP contribution in [0.15, 0.2) is 18.3 Å². The normalized spacial score (nSPS) is 19.2. The zero-order chi connectivity index (χ0) is 14.8. The quantitative estimate of drug-likeness (QED) is 0.929. The molecule has 2 rings (SSSR count). The Kier molecular flexibility index (Phi) is 4.15. The number of anilines is 1. The first-order chi connectivity index (χ1) is 9.41. The highest BCUT2D eigenvalue weighted by Crippen LogP contribution is 2.34. The van der Waals surface area contributed by atoms with Crippen LogP contribution < -0.4 is 5.32 Å². The van der Waals surface area contributed by atoms with Gasteiger partial charge in [0.05, 0.1) is 5.56 Å². The van der Waals surface area contributed by atoms with Gasteiger partial charge in [-0.3, -0.25) is 4.79 Å². The number of hydrogen-bond donors (Lipinski definition) is 1. The van der Waals surface area contributed by atoms with Crippen molar-refractivity contribution in [2.24, 2.45) is 0 Å². The summed E-state index contributed by atoms with van der Waals surface area (Å²) in [7, 11) is 0. The number of carbonyl (C=O) groups is 1. The molecule has 1 aromatic heterocycles. The molecule has 1 aliphatic rings. The van der Waals surface area contributed by atoms with Crippen LogP contribution in [0.3, 0.4) is 0 Å². The lowest BCUT2D eigenvalue weighted by Gasteiger charge is -2.18. The number of likely N-dealkylation sites (tertiary alicyclic amines) is 1. The Morgan fingerprint density at radius 1 is 1.55 bits per heavy atom. The molecular formula is C13H16F3N3O. The molecule has 1 unspecified atom stereocenters. The fraction of sp³-hybridized carbons (Fsp3) is 0.538. The highest BCUT2D eigenvalue weighted by atomic mass is 19.4. The van der Waals surface area contributed by atoms with E-state index in [-0.39, 0.29) is 17.8 Å². The molecule has 0 aliphatic carbocycles. The van der Waals surface area contributed by atoms with Crippen molar-refractivity contribution in [2.75, 3.05) is 18.4 Å². The lowest BCUT2D eigenvalue weighted by atomic mass is 10.2. The van der Waals surface area contributed by atoms with Crippen molar-refractivity contribution >= 4 is 11.7 Å². The van der Waals surface area contributed by atoms with Gasteiger partial charge in [0.1, 0.15) is 5.82 Å². The molecule has 1 aliphatic heterocycles. The minimum atomic E-state index is -4.44. The molecule has 1 fully saturated rings.